The summed E-state index contributed by atoms with van der Waals surface area (Å²) < 4.78 is 39.9. The Kier molecular flexibility index (Phi) is 4.78. The molecule has 32 heavy (non-hydrogen) atoms. The normalized spacial score (nSPS) is 16.8. The second kappa shape index (κ2) is 7.52. The van der Waals surface area contributed by atoms with Crippen molar-refractivity contribution in [1.82, 2.24) is 19.7 Å². The first-order valence-electron chi connectivity index (χ1n) is 10.1. The number of likely N-dealkylation sites (N-methyl/N-ethyl adjacent to an activating group) is 1. The van der Waals surface area contributed by atoms with Gasteiger partial charge in [-0.15, -0.1) is 0 Å². The van der Waals surface area contributed by atoms with Gasteiger partial charge in [0.25, 0.3) is 0 Å². The van der Waals surface area contributed by atoms with Crippen LogP contribution in [0.25, 0.3) is 27.7 Å². The molecular weight excluding hydrogens is 419 g/mol. The number of halogens is 3. The van der Waals surface area contributed by atoms with Crippen molar-refractivity contribution in [2.24, 2.45) is 0 Å². The SMILES string of the molecule is CN1CCC1C(=O)Nc1c[nH]c2ccc(-c3cnn(-c4ccc(C(F)(F)F)cc4)c3)cc12. The van der Waals surface area contributed by atoms with Gasteiger partial charge in [-0.2, -0.15) is 18.3 Å². The van der Waals surface area contributed by atoms with Gasteiger partial charge in [0.15, 0.2) is 0 Å². The molecule has 0 bridgehead atoms. The zero-order valence-electron chi connectivity index (χ0n) is 17.1. The molecule has 0 radical (unpaired) electrons. The van der Waals surface area contributed by atoms with Crippen LogP contribution in [0.4, 0.5) is 18.9 Å². The molecule has 4 aromatic rings. The van der Waals surface area contributed by atoms with Gasteiger partial charge in [0, 0.05) is 35.4 Å². The van der Waals surface area contributed by atoms with Gasteiger partial charge < -0.3 is 10.3 Å². The Morgan fingerprint density at radius 3 is 2.59 bits per heavy atom. The Bertz CT molecular complexity index is 1290. The van der Waals surface area contributed by atoms with E-state index in [2.05, 4.69) is 15.4 Å². The topological polar surface area (TPSA) is 66.0 Å². The van der Waals surface area contributed by atoms with Crippen LogP contribution in [0.3, 0.4) is 0 Å². The zero-order valence-corrected chi connectivity index (χ0v) is 17.1. The third kappa shape index (κ3) is 3.64. The molecule has 1 unspecified atom stereocenters. The number of hydrogen-bond acceptors (Lipinski definition) is 3. The van der Waals surface area contributed by atoms with Crippen molar-refractivity contribution >= 4 is 22.5 Å². The number of benzene rings is 2. The van der Waals surface area contributed by atoms with Crippen LogP contribution in [0.1, 0.15) is 12.0 Å². The number of fused-ring (bicyclic) bond motifs is 1. The van der Waals surface area contributed by atoms with E-state index in [0.29, 0.717) is 11.4 Å². The van der Waals surface area contributed by atoms with Gasteiger partial charge in [-0.05, 0) is 55.4 Å². The average molecular weight is 439 g/mol. The number of nitrogens with zero attached hydrogens (tertiary/aromatic N) is 3. The number of aromatic amines is 1. The Balaban J connectivity index is 1.40. The second-order valence-electron chi connectivity index (χ2n) is 7.96. The molecule has 0 aliphatic carbocycles. The highest BCUT2D eigenvalue weighted by atomic mass is 19.4. The number of amides is 1. The fourth-order valence-corrected chi connectivity index (χ4v) is 3.88. The smallest absolute Gasteiger partial charge is 0.359 e. The van der Waals surface area contributed by atoms with Gasteiger partial charge in [0.1, 0.15) is 0 Å². The van der Waals surface area contributed by atoms with E-state index in [-0.39, 0.29) is 11.9 Å². The van der Waals surface area contributed by atoms with Gasteiger partial charge in [0.2, 0.25) is 5.91 Å². The maximum absolute atomic E-state index is 12.8. The Morgan fingerprint density at radius 2 is 1.94 bits per heavy atom. The van der Waals surface area contributed by atoms with Crippen molar-refractivity contribution in [2.45, 2.75) is 18.6 Å². The van der Waals surface area contributed by atoms with Crippen LogP contribution in [0.2, 0.25) is 0 Å². The summed E-state index contributed by atoms with van der Waals surface area (Å²) >= 11 is 0. The Hall–Kier alpha value is -3.59. The molecule has 1 aliphatic rings. The second-order valence-corrected chi connectivity index (χ2v) is 7.96. The first-order chi connectivity index (χ1) is 15.3. The quantitative estimate of drug-likeness (QED) is 0.485. The highest BCUT2D eigenvalue weighted by Gasteiger charge is 2.31. The molecule has 9 heteroatoms. The fraction of sp³-hybridized carbons (Fsp3) is 0.217. The zero-order chi connectivity index (χ0) is 22.5. The van der Waals surface area contributed by atoms with E-state index in [1.54, 1.807) is 18.6 Å². The van der Waals surface area contributed by atoms with Gasteiger partial charge in [0.05, 0.1) is 29.2 Å². The predicted octanol–water partition coefficient (Wildman–Crippen LogP) is 4.68. The molecular formula is C23H20F3N5O. The van der Waals surface area contributed by atoms with Crippen molar-refractivity contribution < 1.29 is 18.0 Å². The molecule has 6 nitrogen and oxygen atoms in total. The fourth-order valence-electron chi connectivity index (χ4n) is 3.88. The number of aromatic nitrogens is 3. The third-order valence-corrected chi connectivity index (χ3v) is 5.90. The summed E-state index contributed by atoms with van der Waals surface area (Å²) in [6.07, 6.45) is 1.67. The predicted molar refractivity (Wildman–Crippen MR) is 116 cm³/mol. The summed E-state index contributed by atoms with van der Waals surface area (Å²) in [6, 6.07) is 10.6. The van der Waals surface area contributed by atoms with E-state index in [1.165, 1.54) is 16.8 Å². The van der Waals surface area contributed by atoms with Crippen LogP contribution in [0.15, 0.2) is 61.1 Å². The highest BCUT2D eigenvalue weighted by Crippen LogP contribution is 2.31. The van der Waals surface area contributed by atoms with Gasteiger partial charge in [-0.1, -0.05) is 6.07 Å². The van der Waals surface area contributed by atoms with E-state index < -0.39 is 11.7 Å². The first-order valence-corrected chi connectivity index (χ1v) is 10.1. The minimum absolute atomic E-state index is 0.0276. The molecule has 0 saturated carbocycles. The van der Waals surface area contributed by atoms with Crippen molar-refractivity contribution in [3.05, 3.63) is 66.6 Å². The number of hydrogen-bond donors (Lipinski definition) is 2. The maximum Gasteiger partial charge on any atom is 0.416 e. The van der Waals surface area contributed by atoms with E-state index >= 15 is 0 Å². The largest absolute Gasteiger partial charge is 0.416 e. The van der Waals surface area contributed by atoms with E-state index in [1.807, 2.05) is 30.1 Å². The molecule has 1 saturated heterocycles. The Labute approximate surface area is 181 Å². The molecule has 0 spiro atoms. The number of rotatable bonds is 4. The average Bonchev–Trinajstić information content (AvgIpc) is 3.39. The molecule has 164 valence electrons. The number of carbonyl (C=O) groups is 1. The standard InChI is InChI=1S/C23H20F3N5O/c1-30-9-8-21(30)22(32)29-20-12-27-19-7-2-14(10-18(19)20)15-11-28-31(13-15)17-5-3-16(4-6-17)23(24,25)26/h2-7,10-13,21,27H,8-9H2,1H3,(H,29,32). The molecule has 1 aliphatic heterocycles. The third-order valence-electron chi connectivity index (χ3n) is 5.90. The summed E-state index contributed by atoms with van der Waals surface area (Å²) in [6.45, 7) is 0.916. The van der Waals surface area contributed by atoms with Crippen molar-refractivity contribution in [2.75, 3.05) is 18.9 Å². The van der Waals surface area contributed by atoms with Gasteiger partial charge >= 0.3 is 6.18 Å². The number of nitrogens with one attached hydrogen (secondary N) is 2. The molecule has 1 atom stereocenters. The number of alkyl halides is 3. The van der Waals surface area contributed by atoms with E-state index in [4.69, 9.17) is 0 Å². The number of likely N-dealkylation sites (tertiary alicyclic amines) is 1. The molecule has 2 aromatic heterocycles. The lowest BCUT2D eigenvalue weighted by Gasteiger charge is -2.36. The van der Waals surface area contributed by atoms with E-state index in [0.717, 1.165) is 47.1 Å². The summed E-state index contributed by atoms with van der Waals surface area (Å²) in [5.41, 5.74) is 3.12. The minimum Gasteiger partial charge on any atom is -0.359 e. The summed E-state index contributed by atoms with van der Waals surface area (Å²) in [5, 5.41) is 8.17. The number of H-pyrrole nitrogens is 1. The van der Waals surface area contributed by atoms with Crippen molar-refractivity contribution in [1.29, 1.82) is 0 Å². The maximum atomic E-state index is 12.8. The lowest BCUT2D eigenvalue weighted by molar-refractivity contribution is -0.137. The summed E-state index contributed by atoms with van der Waals surface area (Å²) in [4.78, 5) is 17.7. The van der Waals surface area contributed by atoms with Crippen molar-refractivity contribution in [3.63, 3.8) is 0 Å². The highest BCUT2D eigenvalue weighted by molar-refractivity contribution is 6.04. The van der Waals surface area contributed by atoms with Crippen molar-refractivity contribution in [3.8, 4) is 16.8 Å². The first kappa shape index (κ1) is 20.3. The monoisotopic (exact) mass is 439 g/mol. The minimum atomic E-state index is -4.37. The van der Waals surface area contributed by atoms with E-state index in [9.17, 15) is 18.0 Å². The lowest BCUT2D eigenvalue weighted by atomic mass is 10.0. The number of anilines is 1. The van der Waals surface area contributed by atoms with Crippen LogP contribution < -0.4 is 5.32 Å². The molecule has 2 N–H and O–H groups in total. The summed E-state index contributed by atoms with van der Waals surface area (Å²) in [5.74, 6) is -0.0276. The molecule has 5 rings (SSSR count). The molecule has 3 heterocycles. The van der Waals surface area contributed by atoms with Gasteiger partial charge in [-0.3, -0.25) is 9.69 Å². The van der Waals surface area contributed by atoms with Crippen LogP contribution in [-0.4, -0.2) is 45.2 Å². The molecule has 1 amide bonds. The lowest BCUT2D eigenvalue weighted by Crippen LogP contribution is -2.51. The molecule has 1 fully saturated rings. The summed E-state index contributed by atoms with van der Waals surface area (Å²) in [7, 11) is 1.93. The molecule has 2 aromatic carbocycles. The number of carbonyl (C=O) groups excluding carboxylic acids is 1. The van der Waals surface area contributed by atoms with Crippen LogP contribution >= 0.6 is 0 Å². The van der Waals surface area contributed by atoms with Gasteiger partial charge in [-0.25, -0.2) is 4.68 Å². The van der Waals surface area contributed by atoms with Crippen LogP contribution in [0.5, 0.6) is 0 Å². The van der Waals surface area contributed by atoms with Crippen LogP contribution in [0, 0.1) is 0 Å². The Morgan fingerprint density at radius 1 is 1.16 bits per heavy atom. The van der Waals surface area contributed by atoms with Crippen LogP contribution in [-0.2, 0) is 11.0 Å².